The molecule has 3 N–H and O–H groups in total. The lowest BCUT2D eigenvalue weighted by Gasteiger charge is -2.52. The highest BCUT2D eigenvalue weighted by molar-refractivity contribution is 7.16. The van der Waals surface area contributed by atoms with Gasteiger partial charge in [-0.3, -0.25) is 4.90 Å². The Kier molecular flexibility index (Phi) is 6.14. The van der Waals surface area contributed by atoms with Gasteiger partial charge in [0.25, 0.3) is 0 Å². The fourth-order valence-electron chi connectivity index (χ4n) is 7.92. The summed E-state index contributed by atoms with van der Waals surface area (Å²) in [7, 11) is 0. The van der Waals surface area contributed by atoms with E-state index in [1.165, 1.54) is 4.88 Å². The van der Waals surface area contributed by atoms with Crippen LogP contribution in [0.2, 0.25) is 0 Å². The predicted molar refractivity (Wildman–Crippen MR) is 151 cm³/mol. The molecule has 0 saturated carbocycles. The van der Waals surface area contributed by atoms with E-state index in [9.17, 15) is 14.8 Å². The standard InChI is InChI=1S/C28H37FN8O2S/c1-26(38)6-3-9-35(14-26)23-32-24(34-25(33-23)39-17-28-8-4-10-37(28)13-18(29)11-28)36-15-27(16-36)7-2-5-20-21(27)19(12-30)22(31)40-20/h18,38H,2-11,13-17,31H2,1H3/t18-,26-,28+/m1/s1. The molecule has 0 amide bonds. The van der Waals surface area contributed by atoms with Crippen LogP contribution in [-0.4, -0.2) is 88.1 Å². The summed E-state index contributed by atoms with van der Waals surface area (Å²) in [6, 6.07) is 2.61. The molecule has 0 bridgehead atoms. The number of piperidine rings is 1. The number of aromatic nitrogens is 3. The number of thiophene rings is 1. The van der Waals surface area contributed by atoms with Crippen LogP contribution in [0.5, 0.6) is 6.01 Å². The third-order valence-corrected chi connectivity index (χ3v) is 10.8. The quantitative estimate of drug-likeness (QED) is 0.556. The van der Waals surface area contributed by atoms with Gasteiger partial charge in [0, 0.05) is 49.4 Å². The Morgan fingerprint density at radius 2 is 1.88 bits per heavy atom. The number of fused-ring (bicyclic) bond motifs is 3. The van der Waals surface area contributed by atoms with Crippen molar-refractivity contribution in [3.63, 3.8) is 0 Å². The number of nitrogens with two attached hydrogens (primary N) is 1. The van der Waals surface area contributed by atoms with Crippen molar-refractivity contribution in [3.05, 3.63) is 16.0 Å². The zero-order valence-electron chi connectivity index (χ0n) is 23.0. The zero-order valence-corrected chi connectivity index (χ0v) is 23.8. The van der Waals surface area contributed by atoms with Crippen LogP contribution in [0.3, 0.4) is 0 Å². The molecule has 0 unspecified atom stereocenters. The molecule has 6 heterocycles. The molecule has 10 nitrogen and oxygen atoms in total. The Morgan fingerprint density at radius 3 is 2.65 bits per heavy atom. The van der Waals surface area contributed by atoms with Gasteiger partial charge in [0.15, 0.2) is 0 Å². The summed E-state index contributed by atoms with van der Waals surface area (Å²) < 4.78 is 20.6. The minimum Gasteiger partial charge on any atom is -0.461 e. The highest BCUT2D eigenvalue weighted by Crippen LogP contribution is 2.50. The average Bonchev–Trinajstić information content (AvgIpc) is 3.53. The monoisotopic (exact) mass is 568 g/mol. The van der Waals surface area contributed by atoms with Crippen LogP contribution in [0.25, 0.3) is 0 Å². The summed E-state index contributed by atoms with van der Waals surface area (Å²) in [5.41, 5.74) is 6.75. The number of alkyl halides is 1. The van der Waals surface area contributed by atoms with E-state index in [1.54, 1.807) is 11.3 Å². The summed E-state index contributed by atoms with van der Waals surface area (Å²) in [4.78, 5) is 21.9. The molecule has 4 saturated heterocycles. The van der Waals surface area contributed by atoms with Gasteiger partial charge in [-0.2, -0.15) is 20.2 Å². The van der Waals surface area contributed by atoms with Gasteiger partial charge in [-0.05, 0) is 64.0 Å². The molecule has 1 aliphatic carbocycles. The van der Waals surface area contributed by atoms with Crippen LogP contribution in [-0.2, 0) is 11.8 Å². The summed E-state index contributed by atoms with van der Waals surface area (Å²) in [5.74, 6) is 1.04. The lowest BCUT2D eigenvalue weighted by atomic mass is 9.66. The van der Waals surface area contributed by atoms with Crippen LogP contribution in [0, 0.1) is 11.3 Å². The van der Waals surface area contributed by atoms with Gasteiger partial charge in [0.05, 0.1) is 16.7 Å². The van der Waals surface area contributed by atoms with Gasteiger partial charge in [0.1, 0.15) is 23.8 Å². The number of rotatable bonds is 5. The lowest BCUT2D eigenvalue weighted by Crippen LogP contribution is -2.61. The van der Waals surface area contributed by atoms with Gasteiger partial charge < -0.3 is 25.4 Å². The topological polar surface area (TPSA) is 128 Å². The average molecular weight is 569 g/mol. The maximum atomic E-state index is 14.4. The Labute approximate surface area is 238 Å². The second kappa shape index (κ2) is 9.39. The smallest absolute Gasteiger partial charge is 0.323 e. The van der Waals surface area contributed by atoms with Crippen molar-refractivity contribution in [2.45, 2.75) is 81.0 Å². The fourth-order valence-corrected chi connectivity index (χ4v) is 9.10. The molecule has 40 heavy (non-hydrogen) atoms. The first kappa shape index (κ1) is 26.2. The normalized spacial score (nSPS) is 31.1. The molecule has 0 radical (unpaired) electrons. The molecule has 4 aliphatic heterocycles. The van der Waals surface area contributed by atoms with E-state index >= 15 is 0 Å². The van der Waals surface area contributed by atoms with Crippen molar-refractivity contribution in [1.82, 2.24) is 19.9 Å². The van der Waals surface area contributed by atoms with Crippen molar-refractivity contribution in [1.29, 1.82) is 5.26 Å². The van der Waals surface area contributed by atoms with Gasteiger partial charge in [0.2, 0.25) is 11.9 Å². The predicted octanol–water partition coefficient (Wildman–Crippen LogP) is 2.79. The SMILES string of the molecule is C[C@@]1(O)CCCN(c2nc(OC[C@@]34CCCN3C[C@H](F)C4)nc(N3CC4(CCCc5sc(N)c(C#N)c54)C3)n2)C1. The number of halogens is 1. The first-order valence-corrected chi connectivity index (χ1v) is 15.3. The lowest BCUT2D eigenvalue weighted by molar-refractivity contribution is 0.0443. The molecule has 214 valence electrons. The second-order valence-electron chi connectivity index (χ2n) is 12.8. The summed E-state index contributed by atoms with van der Waals surface area (Å²) >= 11 is 1.55. The summed E-state index contributed by atoms with van der Waals surface area (Å²) in [5, 5.41) is 21.2. The van der Waals surface area contributed by atoms with Crippen molar-refractivity contribution in [2.75, 3.05) is 61.4 Å². The first-order valence-electron chi connectivity index (χ1n) is 14.5. The number of hydrogen-bond donors (Lipinski definition) is 2. The molecule has 4 fully saturated rings. The zero-order chi connectivity index (χ0) is 27.7. The Morgan fingerprint density at radius 1 is 1.10 bits per heavy atom. The van der Waals surface area contributed by atoms with E-state index < -0.39 is 11.8 Å². The number of hydrogen-bond acceptors (Lipinski definition) is 11. The summed E-state index contributed by atoms with van der Waals surface area (Å²) in [6.07, 6.45) is 6.22. The molecular formula is C28H37FN8O2S. The van der Waals surface area contributed by atoms with E-state index in [1.807, 2.05) is 11.8 Å². The second-order valence-corrected chi connectivity index (χ2v) is 14.0. The molecule has 0 aromatic carbocycles. The first-order chi connectivity index (χ1) is 19.2. The van der Waals surface area contributed by atoms with Crippen LogP contribution in [0.1, 0.15) is 67.9 Å². The third-order valence-electron chi connectivity index (χ3n) is 9.76. The van der Waals surface area contributed by atoms with Crippen molar-refractivity contribution >= 4 is 28.2 Å². The van der Waals surface area contributed by atoms with E-state index in [2.05, 4.69) is 15.9 Å². The van der Waals surface area contributed by atoms with Gasteiger partial charge in [-0.25, -0.2) is 4.39 Å². The van der Waals surface area contributed by atoms with E-state index in [-0.39, 0.29) is 17.0 Å². The number of ether oxygens (including phenoxy) is 1. The van der Waals surface area contributed by atoms with E-state index in [0.29, 0.717) is 61.7 Å². The molecule has 3 atom stereocenters. The molecule has 2 aromatic rings. The Hall–Kier alpha value is -2.75. The van der Waals surface area contributed by atoms with E-state index in [4.69, 9.17) is 25.4 Å². The molecule has 5 aliphatic rings. The Bertz CT molecular complexity index is 1350. The van der Waals surface area contributed by atoms with E-state index in [0.717, 1.165) is 63.6 Å². The van der Waals surface area contributed by atoms with Crippen LogP contribution in [0.4, 0.5) is 21.3 Å². The molecule has 7 rings (SSSR count). The minimum atomic E-state index is -0.828. The van der Waals surface area contributed by atoms with Crippen LogP contribution in [0.15, 0.2) is 0 Å². The molecule has 12 heteroatoms. The fraction of sp³-hybridized carbons (Fsp3) is 0.714. The maximum Gasteiger partial charge on any atom is 0.323 e. The number of anilines is 3. The molecule has 2 aromatic heterocycles. The van der Waals surface area contributed by atoms with Crippen LogP contribution < -0.4 is 20.3 Å². The number of β-amino-alcohol motifs (C(OH)–C–C–N with tert-alkyl or cyclic N) is 1. The Balaban J connectivity index is 1.17. The number of aliphatic hydroxyl groups is 1. The van der Waals surface area contributed by atoms with Crippen molar-refractivity contribution in [3.8, 4) is 12.1 Å². The highest BCUT2D eigenvalue weighted by atomic mass is 32.1. The number of nitriles is 1. The number of nitrogens with zero attached hydrogens (tertiary/aromatic N) is 7. The van der Waals surface area contributed by atoms with Crippen molar-refractivity contribution in [2.24, 2.45) is 0 Å². The number of nitrogen functional groups attached to an aromatic ring is 1. The molecular weight excluding hydrogens is 531 g/mol. The minimum absolute atomic E-state index is 0.126. The third kappa shape index (κ3) is 4.28. The largest absolute Gasteiger partial charge is 0.461 e. The highest BCUT2D eigenvalue weighted by Gasteiger charge is 2.51. The summed E-state index contributed by atoms with van der Waals surface area (Å²) in [6.45, 7) is 6.14. The van der Waals surface area contributed by atoms with Gasteiger partial charge in [-0.1, -0.05) is 0 Å². The number of aryl methyl sites for hydroxylation is 1. The van der Waals surface area contributed by atoms with Crippen LogP contribution >= 0.6 is 11.3 Å². The molecule has 1 spiro atoms. The maximum absolute atomic E-state index is 14.4. The van der Waals surface area contributed by atoms with Gasteiger partial charge in [-0.15, -0.1) is 11.3 Å². The van der Waals surface area contributed by atoms with Gasteiger partial charge >= 0.3 is 6.01 Å². The van der Waals surface area contributed by atoms with Crippen molar-refractivity contribution < 1.29 is 14.2 Å².